The van der Waals surface area contributed by atoms with Gasteiger partial charge < -0.3 is 10.4 Å². The molecule has 0 aliphatic rings. The van der Waals surface area contributed by atoms with Crippen molar-refractivity contribution in [2.24, 2.45) is 11.3 Å². The second-order valence-electron chi connectivity index (χ2n) is 5.91. The summed E-state index contributed by atoms with van der Waals surface area (Å²) >= 11 is 0. The predicted octanol–water partition coefficient (Wildman–Crippen LogP) is 3.29. The van der Waals surface area contributed by atoms with Gasteiger partial charge in [0.15, 0.2) is 0 Å². The molecule has 0 fully saturated rings. The zero-order chi connectivity index (χ0) is 13.3. The van der Waals surface area contributed by atoms with E-state index in [9.17, 15) is 4.79 Å². The quantitative estimate of drug-likeness (QED) is 0.579. The predicted molar refractivity (Wildman–Crippen MR) is 72.2 cm³/mol. The number of aliphatic carboxylic acids is 1. The molecule has 0 saturated heterocycles. The molecule has 2 N–H and O–H groups in total. The minimum absolute atomic E-state index is 0.124. The third kappa shape index (κ3) is 10.3. The Morgan fingerprint density at radius 1 is 1.35 bits per heavy atom. The Kier molecular flexibility index (Phi) is 8.23. The number of nitrogens with one attached hydrogen (secondary N) is 1. The SMILES string of the molecule is CCCC(C)CNCCC(C)(C)CCC(=O)O. The van der Waals surface area contributed by atoms with Crippen LogP contribution in [0.2, 0.25) is 0 Å². The monoisotopic (exact) mass is 243 g/mol. The first-order chi connectivity index (χ1) is 7.87. The average Bonchev–Trinajstić information content (AvgIpc) is 2.22. The van der Waals surface area contributed by atoms with E-state index in [-0.39, 0.29) is 11.8 Å². The van der Waals surface area contributed by atoms with Crippen molar-refractivity contribution >= 4 is 5.97 Å². The molecule has 0 aliphatic carbocycles. The molecule has 0 aromatic heterocycles. The number of hydrogen-bond donors (Lipinski definition) is 2. The Bertz CT molecular complexity index is 214. The van der Waals surface area contributed by atoms with E-state index in [0.717, 1.165) is 31.8 Å². The fourth-order valence-corrected chi connectivity index (χ4v) is 1.94. The molecule has 1 unspecified atom stereocenters. The normalized spacial score (nSPS) is 13.6. The van der Waals surface area contributed by atoms with E-state index >= 15 is 0 Å². The molecule has 0 aromatic carbocycles. The number of rotatable bonds is 10. The second-order valence-corrected chi connectivity index (χ2v) is 5.91. The second kappa shape index (κ2) is 8.51. The van der Waals surface area contributed by atoms with Crippen molar-refractivity contribution in [1.82, 2.24) is 5.32 Å². The standard InChI is InChI=1S/C14H29NO2/c1-5-6-12(2)11-15-10-9-14(3,4)8-7-13(16)17/h12,15H,5-11H2,1-4H3,(H,16,17). The molecular weight excluding hydrogens is 214 g/mol. The van der Waals surface area contributed by atoms with Gasteiger partial charge in [-0.1, -0.05) is 34.1 Å². The highest BCUT2D eigenvalue weighted by atomic mass is 16.4. The zero-order valence-electron chi connectivity index (χ0n) is 11.9. The smallest absolute Gasteiger partial charge is 0.303 e. The molecule has 3 heteroatoms. The van der Waals surface area contributed by atoms with Gasteiger partial charge in [0, 0.05) is 6.42 Å². The summed E-state index contributed by atoms with van der Waals surface area (Å²) in [4.78, 5) is 10.5. The summed E-state index contributed by atoms with van der Waals surface area (Å²) in [5, 5.41) is 12.1. The maximum atomic E-state index is 10.5. The lowest BCUT2D eigenvalue weighted by Crippen LogP contribution is -2.26. The summed E-state index contributed by atoms with van der Waals surface area (Å²) in [5.74, 6) is 0.0461. The lowest BCUT2D eigenvalue weighted by molar-refractivity contribution is -0.137. The van der Waals surface area contributed by atoms with Gasteiger partial charge in [0.05, 0.1) is 0 Å². The van der Waals surface area contributed by atoms with Gasteiger partial charge in [-0.3, -0.25) is 4.79 Å². The summed E-state index contributed by atoms with van der Waals surface area (Å²) in [5.41, 5.74) is 0.124. The summed E-state index contributed by atoms with van der Waals surface area (Å²) in [6, 6.07) is 0. The zero-order valence-corrected chi connectivity index (χ0v) is 11.9. The van der Waals surface area contributed by atoms with Gasteiger partial charge in [-0.25, -0.2) is 0 Å². The third-order valence-electron chi connectivity index (χ3n) is 3.27. The molecule has 0 radical (unpaired) electrons. The van der Waals surface area contributed by atoms with E-state index in [1.54, 1.807) is 0 Å². The van der Waals surface area contributed by atoms with E-state index in [1.165, 1.54) is 12.8 Å². The molecule has 102 valence electrons. The maximum absolute atomic E-state index is 10.5. The van der Waals surface area contributed by atoms with E-state index in [2.05, 4.69) is 33.0 Å². The van der Waals surface area contributed by atoms with Gasteiger partial charge in [0.25, 0.3) is 0 Å². The van der Waals surface area contributed by atoms with Crippen molar-refractivity contribution in [3.8, 4) is 0 Å². The van der Waals surface area contributed by atoms with E-state index in [4.69, 9.17) is 5.11 Å². The molecule has 0 rings (SSSR count). The average molecular weight is 243 g/mol. The number of carboxylic acid groups (broad SMARTS) is 1. The Morgan fingerprint density at radius 2 is 2.00 bits per heavy atom. The van der Waals surface area contributed by atoms with Crippen LogP contribution in [0.5, 0.6) is 0 Å². The Morgan fingerprint density at radius 3 is 2.53 bits per heavy atom. The van der Waals surface area contributed by atoms with Gasteiger partial charge in [-0.2, -0.15) is 0 Å². The van der Waals surface area contributed by atoms with Crippen molar-refractivity contribution in [1.29, 1.82) is 0 Å². The van der Waals surface area contributed by atoms with Gasteiger partial charge in [-0.15, -0.1) is 0 Å². The van der Waals surface area contributed by atoms with E-state index < -0.39 is 5.97 Å². The Hall–Kier alpha value is -0.570. The van der Waals surface area contributed by atoms with Crippen LogP contribution < -0.4 is 5.32 Å². The van der Waals surface area contributed by atoms with Crippen LogP contribution in [-0.4, -0.2) is 24.2 Å². The molecule has 0 amide bonds. The number of carboxylic acids is 1. The summed E-state index contributed by atoms with van der Waals surface area (Å²) < 4.78 is 0. The Balaban J connectivity index is 3.61. The fourth-order valence-electron chi connectivity index (χ4n) is 1.94. The lowest BCUT2D eigenvalue weighted by Gasteiger charge is -2.24. The molecule has 1 atom stereocenters. The summed E-state index contributed by atoms with van der Waals surface area (Å²) in [6.07, 6.45) is 4.59. The summed E-state index contributed by atoms with van der Waals surface area (Å²) in [7, 11) is 0. The first-order valence-corrected chi connectivity index (χ1v) is 6.80. The lowest BCUT2D eigenvalue weighted by atomic mass is 9.84. The molecule has 0 spiro atoms. The molecule has 0 aromatic rings. The summed E-state index contributed by atoms with van der Waals surface area (Å²) in [6.45, 7) is 10.8. The van der Waals surface area contributed by atoms with Crippen LogP contribution in [0.15, 0.2) is 0 Å². The first-order valence-electron chi connectivity index (χ1n) is 6.80. The van der Waals surface area contributed by atoms with Crippen LogP contribution >= 0.6 is 0 Å². The number of carbonyl (C=O) groups is 1. The van der Waals surface area contributed by atoms with Crippen LogP contribution in [0.25, 0.3) is 0 Å². The minimum atomic E-state index is -0.692. The third-order valence-corrected chi connectivity index (χ3v) is 3.27. The van der Waals surface area contributed by atoms with Gasteiger partial charge in [0.2, 0.25) is 0 Å². The number of hydrogen-bond acceptors (Lipinski definition) is 2. The molecule has 0 saturated carbocycles. The van der Waals surface area contributed by atoms with Crippen LogP contribution in [0.1, 0.15) is 59.8 Å². The topological polar surface area (TPSA) is 49.3 Å². The van der Waals surface area contributed by atoms with Crippen LogP contribution in [0.4, 0.5) is 0 Å². The largest absolute Gasteiger partial charge is 0.481 e. The van der Waals surface area contributed by atoms with Gasteiger partial charge in [-0.05, 0) is 43.7 Å². The van der Waals surface area contributed by atoms with Crippen molar-refractivity contribution in [2.75, 3.05) is 13.1 Å². The molecule has 0 aliphatic heterocycles. The van der Waals surface area contributed by atoms with Crippen molar-refractivity contribution < 1.29 is 9.90 Å². The highest BCUT2D eigenvalue weighted by Gasteiger charge is 2.18. The van der Waals surface area contributed by atoms with Crippen molar-refractivity contribution in [3.05, 3.63) is 0 Å². The highest BCUT2D eigenvalue weighted by molar-refractivity contribution is 5.66. The van der Waals surface area contributed by atoms with Crippen molar-refractivity contribution in [2.45, 2.75) is 59.8 Å². The van der Waals surface area contributed by atoms with Gasteiger partial charge in [0.1, 0.15) is 0 Å². The molecule has 0 heterocycles. The fraction of sp³-hybridized carbons (Fsp3) is 0.929. The Labute approximate surface area is 106 Å². The molecule has 17 heavy (non-hydrogen) atoms. The van der Waals surface area contributed by atoms with E-state index in [1.807, 2.05) is 0 Å². The van der Waals surface area contributed by atoms with Gasteiger partial charge >= 0.3 is 5.97 Å². The van der Waals surface area contributed by atoms with E-state index in [0.29, 0.717) is 0 Å². The molecule has 0 bridgehead atoms. The van der Waals surface area contributed by atoms with Crippen LogP contribution in [0, 0.1) is 11.3 Å². The minimum Gasteiger partial charge on any atom is -0.481 e. The van der Waals surface area contributed by atoms with Crippen LogP contribution in [0.3, 0.4) is 0 Å². The van der Waals surface area contributed by atoms with Crippen LogP contribution in [-0.2, 0) is 4.79 Å². The highest BCUT2D eigenvalue weighted by Crippen LogP contribution is 2.25. The first kappa shape index (κ1) is 16.4. The maximum Gasteiger partial charge on any atom is 0.303 e. The molecular formula is C14H29NO2. The molecule has 3 nitrogen and oxygen atoms in total. The van der Waals surface area contributed by atoms with Crippen molar-refractivity contribution in [3.63, 3.8) is 0 Å².